The molecule has 0 saturated carbocycles. The minimum absolute atomic E-state index is 0.0120. The third-order valence-corrected chi connectivity index (χ3v) is 6.93. The Bertz CT molecular complexity index is 1070. The summed E-state index contributed by atoms with van der Waals surface area (Å²) in [5.74, 6) is 3.28. The molecule has 2 aromatic rings. The van der Waals surface area contributed by atoms with Crippen LogP contribution in [0, 0.1) is 17.2 Å². The van der Waals surface area contributed by atoms with Gasteiger partial charge >= 0.3 is 0 Å². The number of hydrogen-bond acceptors (Lipinski definition) is 8. The van der Waals surface area contributed by atoms with Crippen molar-refractivity contribution in [2.75, 3.05) is 35.0 Å². The number of hydrogen-bond donors (Lipinski definition) is 1. The zero-order valence-electron chi connectivity index (χ0n) is 22.1. The fraction of sp³-hybridized carbons (Fsp3) is 0.536. The van der Waals surface area contributed by atoms with Gasteiger partial charge in [0.1, 0.15) is 12.7 Å². The molecular formula is C28H38N2O6. The molecule has 1 aliphatic rings. The van der Waals surface area contributed by atoms with Gasteiger partial charge in [-0.15, -0.1) is 0 Å². The van der Waals surface area contributed by atoms with E-state index < -0.39 is 5.41 Å². The second-order valence-corrected chi connectivity index (χ2v) is 9.35. The summed E-state index contributed by atoms with van der Waals surface area (Å²) in [5, 5.41) is 10.5. The van der Waals surface area contributed by atoms with Crippen LogP contribution in [0.25, 0.3) is 0 Å². The molecule has 1 heterocycles. The molecule has 36 heavy (non-hydrogen) atoms. The standard InChI is InChI=1S/C28H38N2O6/c1-18(2)28(17-29,21-15-24(31-3)26(33-5)27(34-6)25(21)32-4)13-9-10-19(30)14-20-16-35-22-11-7-8-12-23(22)36-20/h7-8,11-12,15,18-20H,9-10,13-14,16,30H2,1-6H3. The topological polar surface area (TPSA) is 105 Å². The van der Waals surface area contributed by atoms with Crippen molar-refractivity contribution in [2.24, 2.45) is 11.7 Å². The predicted molar refractivity (Wildman–Crippen MR) is 138 cm³/mol. The number of methoxy groups -OCH3 is 4. The molecule has 0 bridgehead atoms. The van der Waals surface area contributed by atoms with Crippen molar-refractivity contribution in [3.05, 3.63) is 35.9 Å². The highest BCUT2D eigenvalue weighted by atomic mass is 16.6. The molecule has 2 N–H and O–H groups in total. The molecule has 196 valence electrons. The highest BCUT2D eigenvalue weighted by Crippen LogP contribution is 2.52. The fourth-order valence-corrected chi connectivity index (χ4v) is 4.92. The van der Waals surface area contributed by atoms with Gasteiger partial charge in [0.05, 0.1) is 39.9 Å². The maximum Gasteiger partial charge on any atom is 0.207 e. The van der Waals surface area contributed by atoms with Crippen molar-refractivity contribution in [2.45, 2.75) is 57.1 Å². The molecule has 0 spiro atoms. The number of nitrogens with two attached hydrogens (primary N) is 1. The lowest BCUT2D eigenvalue weighted by molar-refractivity contribution is 0.0788. The van der Waals surface area contributed by atoms with E-state index in [1.54, 1.807) is 28.4 Å². The Balaban J connectivity index is 1.77. The quantitative estimate of drug-likeness (QED) is 0.442. The Labute approximate surface area is 214 Å². The molecule has 0 aliphatic carbocycles. The minimum Gasteiger partial charge on any atom is -0.493 e. The fourth-order valence-electron chi connectivity index (χ4n) is 4.92. The summed E-state index contributed by atoms with van der Waals surface area (Å²) in [6.45, 7) is 4.55. The molecule has 3 unspecified atom stereocenters. The van der Waals surface area contributed by atoms with Gasteiger partial charge in [-0.1, -0.05) is 26.0 Å². The Hall–Kier alpha value is -3.31. The van der Waals surface area contributed by atoms with Gasteiger partial charge < -0.3 is 34.2 Å². The first-order chi connectivity index (χ1) is 17.3. The summed E-state index contributed by atoms with van der Waals surface area (Å²) in [6, 6.07) is 12.0. The van der Waals surface area contributed by atoms with Crippen LogP contribution in [-0.2, 0) is 5.41 Å². The van der Waals surface area contributed by atoms with E-state index in [0.717, 1.165) is 24.3 Å². The van der Waals surface area contributed by atoms with Crippen LogP contribution < -0.4 is 34.2 Å². The third-order valence-electron chi connectivity index (χ3n) is 6.93. The van der Waals surface area contributed by atoms with Crippen molar-refractivity contribution in [3.8, 4) is 40.6 Å². The summed E-state index contributed by atoms with van der Waals surface area (Å²) >= 11 is 0. The highest BCUT2D eigenvalue weighted by molar-refractivity contribution is 5.65. The van der Waals surface area contributed by atoms with Crippen molar-refractivity contribution in [3.63, 3.8) is 0 Å². The first kappa shape index (κ1) is 27.3. The highest BCUT2D eigenvalue weighted by Gasteiger charge is 2.41. The number of benzene rings is 2. The zero-order chi connectivity index (χ0) is 26.3. The van der Waals surface area contributed by atoms with Gasteiger partial charge in [-0.05, 0) is 43.4 Å². The minimum atomic E-state index is -0.846. The smallest absolute Gasteiger partial charge is 0.207 e. The van der Waals surface area contributed by atoms with Crippen LogP contribution >= 0.6 is 0 Å². The first-order valence-electron chi connectivity index (χ1n) is 12.3. The molecule has 0 radical (unpaired) electrons. The molecule has 8 heteroatoms. The van der Waals surface area contributed by atoms with E-state index in [1.807, 2.05) is 44.2 Å². The van der Waals surface area contributed by atoms with Crippen molar-refractivity contribution >= 4 is 0 Å². The van der Waals surface area contributed by atoms with Crippen molar-refractivity contribution in [1.29, 1.82) is 5.26 Å². The molecule has 0 saturated heterocycles. The third kappa shape index (κ3) is 5.41. The maximum absolute atomic E-state index is 10.5. The number of para-hydroxylation sites is 2. The van der Waals surface area contributed by atoms with Crippen LogP contribution in [0.4, 0.5) is 0 Å². The summed E-state index contributed by atoms with van der Waals surface area (Å²) in [6.07, 6.45) is 2.65. The van der Waals surface area contributed by atoms with Gasteiger partial charge in [0.25, 0.3) is 0 Å². The van der Waals surface area contributed by atoms with E-state index in [4.69, 9.17) is 34.2 Å². The van der Waals surface area contributed by atoms with Crippen LogP contribution in [0.5, 0.6) is 34.5 Å². The monoisotopic (exact) mass is 498 g/mol. The Morgan fingerprint density at radius 3 is 2.28 bits per heavy atom. The van der Waals surface area contributed by atoms with E-state index in [9.17, 15) is 5.26 Å². The van der Waals surface area contributed by atoms with Crippen LogP contribution in [0.1, 0.15) is 45.1 Å². The summed E-state index contributed by atoms with van der Waals surface area (Å²) in [7, 11) is 6.21. The number of ether oxygens (including phenoxy) is 6. The van der Waals surface area contributed by atoms with Crippen LogP contribution in [-0.4, -0.2) is 47.2 Å². The largest absolute Gasteiger partial charge is 0.493 e. The van der Waals surface area contributed by atoms with Crippen LogP contribution in [0.15, 0.2) is 30.3 Å². The molecule has 0 fully saturated rings. The molecule has 2 aromatic carbocycles. The molecule has 3 rings (SSSR count). The lowest BCUT2D eigenvalue weighted by Crippen LogP contribution is -2.36. The van der Waals surface area contributed by atoms with Crippen molar-refractivity contribution < 1.29 is 28.4 Å². The van der Waals surface area contributed by atoms with E-state index in [-0.39, 0.29) is 18.1 Å². The summed E-state index contributed by atoms with van der Waals surface area (Å²) < 4.78 is 34.4. The zero-order valence-corrected chi connectivity index (χ0v) is 22.1. The number of nitriles is 1. The lowest BCUT2D eigenvalue weighted by atomic mass is 9.69. The van der Waals surface area contributed by atoms with Gasteiger partial charge in [-0.2, -0.15) is 5.26 Å². The maximum atomic E-state index is 10.5. The Kier molecular flexibility index (Phi) is 9.16. The van der Waals surface area contributed by atoms with E-state index in [2.05, 4.69) is 6.07 Å². The molecule has 1 aliphatic heterocycles. The molecule has 8 nitrogen and oxygen atoms in total. The average molecular weight is 499 g/mol. The average Bonchev–Trinajstić information content (AvgIpc) is 2.89. The summed E-state index contributed by atoms with van der Waals surface area (Å²) in [5.41, 5.74) is 6.36. The van der Waals surface area contributed by atoms with Crippen LogP contribution in [0.2, 0.25) is 0 Å². The van der Waals surface area contributed by atoms with Gasteiger partial charge in [0, 0.05) is 18.0 Å². The number of fused-ring (bicyclic) bond motifs is 1. The van der Waals surface area contributed by atoms with E-state index >= 15 is 0 Å². The van der Waals surface area contributed by atoms with Gasteiger partial charge in [0.2, 0.25) is 11.5 Å². The van der Waals surface area contributed by atoms with E-state index in [1.165, 1.54) is 0 Å². The van der Waals surface area contributed by atoms with E-state index in [0.29, 0.717) is 48.0 Å². The second kappa shape index (κ2) is 12.1. The first-order valence-corrected chi connectivity index (χ1v) is 12.3. The number of rotatable bonds is 12. The number of nitrogens with zero attached hydrogens (tertiary/aromatic N) is 1. The molecular weight excluding hydrogens is 460 g/mol. The predicted octanol–water partition coefficient (Wildman–Crippen LogP) is 4.87. The second-order valence-electron chi connectivity index (χ2n) is 9.35. The normalized spacial score (nSPS) is 17.0. The van der Waals surface area contributed by atoms with Crippen molar-refractivity contribution in [1.82, 2.24) is 0 Å². The SMILES string of the molecule is COc1cc(C(C#N)(CCCC(N)CC2COc3ccccc3O2)C(C)C)c(OC)c(OC)c1OC. The van der Waals surface area contributed by atoms with Gasteiger partial charge in [-0.3, -0.25) is 0 Å². The van der Waals surface area contributed by atoms with Gasteiger partial charge in [-0.25, -0.2) is 0 Å². The lowest BCUT2D eigenvalue weighted by Gasteiger charge is -2.34. The van der Waals surface area contributed by atoms with Crippen LogP contribution in [0.3, 0.4) is 0 Å². The summed E-state index contributed by atoms with van der Waals surface area (Å²) in [4.78, 5) is 0. The molecule has 3 atom stereocenters. The Morgan fingerprint density at radius 1 is 1.03 bits per heavy atom. The van der Waals surface area contributed by atoms with Gasteiger partial charge in [0.15, 0.2) is 23.0 Å². The molecule has 0 aromatic heterocycles. The Morgan fingerprint density at radius 2 is 1.69 bits per heavy atom. The molecule has 0 amide bonds.